The van der Waals surface area contributed by atoms with Crippen LogP contribution in [-0.2, 0) is 0 Å². The van der Waals surface area contributed by atoms with Gasteiger partial charge in [0.1, 0.15) is 15.7 Å². The zero-order valence-corrected chi connectivity index (χ0v) is 12.3. The van der Waals surface area contributed by atoms with Crippen molar-refractivity contribution in [3.05, 3.63) is 41.2 Å². The molecular weight excluding hydrogens is 289 g/mol. The summed E-state index contributed by atoms with van der Waals surface area (Å²) in [5.74, 6) is 0.0224. The Labute approximate surface area is 126 Å². The summed E-state index contributed by atoms with van der Waals surface area (Å²) in [6.07, 6.45) is 2.48. The molecule has 0 radical (unpaired) electrons. The minimum atomic E-state index is -0.324. The largest absolute Gasteiger partial charge is 0.338 e. The molecule has 1 aliphatic heterocycles. The van der Waals surface area contributed by atoms with E-state index in [4.69, 9.17) is 5.73 Å². The predicted octanol–water partition coefficient (Wildman–Crippen LogP) is 2.37. The lowest BCUT2D eigenvalue weighted by Crippen LogP contribution is -2.29. The summed E-state index contributed by atoms with van der Waals surface area (Å²) in [6.45, 7) is 2.03. The zero-order chi connectivity index (χ0) is 14.8. The van der Waals surface area contributed by atoms with E-state index in [1.807, 2.05) is 0 Å². The minimum Gasteiger partial charge on any atom is -0.338 e. The highest BCUT2D eigenvalue weighted by molar-refractivity contribution is 7.16. The summed E-state index contributed by atoms with van der Waals surface area (Å²) >= 11 is 1.23. The number of nitrogens with zero attached hydrogens (tertiary/aromatic N) is 2. The van der Waals surface area contributed by atoms with Crippen molar-refractivity contribution in [3.8, 4) is 10.6 Å². The van der Waals surface area contributed by atoms with E-state index < -0.39 is 0 Å². The maximum absolute atomic E-state index is 13.7. The fourth-order valence-electron chi connectivity index (χ4n) is 2.50. The van der Waals surface area contributed by atoms with Gasteiger partial charge in [-0.25, -0.2) is 9.37 Å². The monoisotopic (exact) mass is 305 g/mol. The number of nitrogens with two attached hydrogens (primary N) is 1. The van der Waals surface area contributed by atoms with Crippen molar-refractivity contribution < 1.29 is 9.18 Å². The van der Waals surface area contributed by atoms with E-state index in [2.05, 4.69) is 4.98 Å². The molecule has 0 saturated carbocycles. The SMILES string of the molecule is NCC1CCN(C(=O)c2cnc(-c3ccccc3F)s2)C1. The fourth-order valence-corrected chi connectivity index (χ4v) is 3.41. The number of thiazole rings is 1. The molecule has 4 nitrogen and oxygen atoms in total. The Morgan fingerprint density at radius 2 is 2.29 bits per heavy atom. The summed E-state index contributed by atoms with van der Waals surface area (Å²) in [6, 6.07) is 6.45. The van der Waals surface area contributed by atoms with Gasteiger partial charge in [-0.3, -0.25) is 4.79 Å². The number of rotatable bonds is 3. The van der Waals surface area contributed by atoms with Gasteiger partial charge < -0.3 is 10.6 Å². The normalized spacial score (nSPS) is 18.2. The molecule has 110 valence electrons. The van der Waals surface area contributed by atoms with Crippen LogP contribution < -0.4 is 5.73 Å². The van der Waals surface area contributed by atoms with Gasteiger partial charge in [0.15, 0.2) is 0 Å². The number of carbonyl (C=O) groups is 1. The lowest BCUT2D eigenvalue weighted by atomic mass is 10.1. The molecular formula is C15H16FN3OS. The van der Waals surface area contributed by atoms with Crippen molar-refractivity contribution in [3.63, 3.8) is 0 Å². The molecule has 2 heterocycles. The molecule has 21 heavy (non-hydrogen) atoms. The smallest absolute Gasteiger partial charge is 0.265 e. The maximum Gasteiger partial charge on any atom is 0.265 e. The molecule has 1 unspecified atom stereocenters. The number of carbonyl (C=O) groups excluding carboxylic acids is 1. The van der Waals surface area contributed by atoms with Crippen LogP contribution in [0.15, 0.2) is 30.5 Å². The molecule has 1 aromatic heterocycles. The quantitative estimate of drug-likeness (QED) is 0.947. The van der Waals surface area contributed by atoms with Crippen LogP contribution in [-0.4, -0.2) is 35.4 Å². The van der Waals surface area contributed by atoms with E-state index >= 15 is 0 Å². The topological polar surface area (TPSA) is 59.2 Å². The Kier molecular flexibility index (Phi) is 3.98. The number of likely N-dealkylation sites (tertiary alicyclic amines) is 1. The van der Waals surface area contributed by atoms with Gasteiger partial charge in [0.05, 0.1) is 6.20 Å². The van der Waals surface area contributed by atoms with Crippen LogP contribution >= 0.6 is 11.3 Å². The Morgan fingerprint density at radius 1 is 1.48 bits per heavy atom. The summed E-state index contributed by atoms with van der Waals surface area (Å²) in [5, 5.41) is 0.533. The Balaban J connectivity index is 1.79. The number of benzene rings is 1. The van der Waals surface area contributed by atoms with Crippen molar-refractivity contribution in [2.45, 2.75) is 6.42 Å². The highest BCUT2D eigenvalue weighted by Gasteiger charge is 2.27. The first-order valence-corrected chi connectivity index (χ1v) is 7.70. The summed E-state index contributed by atoms with van der Waals surface area (Å²) in [4.78, 5) is 18.9. The third kappa shape index (κ3) is 2.82. The molecule has 2 aromatic rings. The van der Waals surface area contributed by atoms with Crippen LogP contribution in [0.2, 0.25) is 0 Å². The second-order valence-corrected chi connectivity index (χ2v) is 6.18. The molecule has 1 saturated heterocycles. The van der Waals surface area contributed by atoms with Gasteiger partial charge in [-0.2, -0.15) is 0 Å². The lowest BCUT2D eigenvalue weighted by Gasteiger charge is -2.14. The minimum absolute atomic E-state index is 0.0361. The van der Waals surface area contributed by atoms with Gasteiger partial charge in [-0.15, -0.1) is 11.3 Å². The zero-order valence-electron chi connectivity index (χ0n) is 11.5. The van der Waals surface area contributed by atoms with Crippen molar-refractivity contribution >= 4 is 17.2 Å². The Bertz CT molecular complexity index is 658. The van der Waals surface area contributed by atoms with E-state index in [1.54, 1.807) is 23.1 Å². The third-order valence-corrected chi connectivity index (χ3v) is 4.75. The highest BCUT2D eigenvalue weighted by Crippen LogP contribution is 2.29. The van der Waals surface area contributed by atoms with E-state index in [0.717, 1.165) is 13.0 Å². The van der Waals surface area contributed by atoms with Crippen molar-refractivity contribution in [2.24, 2.45) is 11.7 Å². The van der Waals surface area contributed by atoms with Gasteiger partial charge in [0, 0.05) is 18.7 Å². The third-order valence-electron chi connectivity index (χ3n) is 3.73. The molecule has 0 aliphatic carbocycles. The van der Waals surface area contributed by atoms with Gasteiger partial charge in [-0.05, 0) is 31.0 Å². The fraction of sp³-hybridized carbons (Fsp3) is 0.333. The average Bonchev–Trinajstić information content (AvgIpc) is 3.16. The Morgan fingerprint density at radius 3 is 3.00 bits per heavy atom. The molecule has 0 bridgehead atoms. The lowest BCUT2D eigenvalue weighted by molar-refractivity contribution is 0.0792. The van der Waals surface area contributed by atoms with Crippen LogP contribution in [0.3, 0.4) is 0 Å². The number of hydrogen-bond donors (Lipinski definition) is 1. The number of halogens is 1. The van der Waals surface area contributed by atoms with Crippen molar-refractivity contribution in [2.75, 3.05) is 19.6 Å². The highest BCUT2D eigenvalue weighted by atomic mass is 32.1. The summed E-state index contributed by atoms with van der Waals surface area (Å²) in [5.41, 5.74) is 6.08. The average molecular weight is 305 g/mol. The molecule has 1 amide bonds. The number of hydrogen-bond acceptors (Lipinski definition) is 4. The number of amides is 1. The van der Waals surface area contributed by atoms with Crippen molar-refractivity contribution in [1.82, 2.24) is 9.88 Å². The Hall–Kier alpha value is -1.79. The van der Waals surface area contributed by atoms with E-state index in [-0.39, 0.29) is 11.7 Å². The second-order valence-electron chi connectivity index (χ2n) is 5.15. The first-order valence-electron chi connectivity index (χ1n) is 6.89. The van der Waals surface area contributed by atoms with Gasteiger partial charge in [0.25, 0.3) is 5.91 Å². The maximum atomic E-state index is 13.7. The van der Waals surface area contributed by atoms with E-state index in [9.17, 15) is 9.18 Å². The van der Waals surface area contributed by atoms with E-state index in [0.29, 0.717) is 34.5 Å². The van der Waals surface area contributed by atoms with Gasteiger partial charge >= 0.3 is 0 Å². The molecule has 3 rings (SSSR count). The van der Waals surface area contributed by atoms with Crippen molar-refractivity contribution in [1.29, 1.82) is 0 Å². The molecule has 1 atom stereocenters. The second kappa shape index (κ2) is 5.91. The van der Waals surface area contributed by atoms with Crippen LogP contribution in [0.25, 0.3) is 10.6 Å². The van der Waals surface area contributed by atoms with Crippen LogP contribution in [0, 0.1) is 11.7 Å². The van der Waals surface area contributed by atoms with Crippen LogP contribution in [0.4, 0.5) is 4.39 Å². The first kappa shape index (κ1) is 14.2. The van der Waals surface area contributed by atoms with Crippen LogP contribution in [0.1, 0.15) is 16.1 Å². The van der Waals surface area contributed by atoms with Gasteiger partial charge in [0.2, 0.25) is 0 Å². The molecule has 1 aliphatic rings. The molecule has 1 aromatic carbocycles. The molecule has 1 fully saturated rings. The van der Waals surface area contributed by atoms with Crippen LogP contribution in [0.5, 0.6) is 0 Å². The van der Waals surface area contributed by atoms with E-state index in [1.165, 1.54) is 23.6 Å². The predicted molar refractivity (Wildman–Crippen MR) is 80.6 cm³/mol. The molecule has 0 spiro atoms. The standard InChI is InChI=1S/C15H16FN3OS/c16-12-4-2-1-3-11(12)14-18-8-13(21-14)15(20)19-6-5-10(7-17)9-19/h1-4,8,10H,5-7,9,17H2. The summed E-state index contributed by atoms with van der Waals surface area (Å²) < 4.78 is 13.7. The number of aromatic nitrogens is 1. The summed E-state index contributed by atoms with van der Waals surface area (Å²) in [7, 11) is 0. The first-order chi connectivity index (χ1) is 10.2. The van der Waals surface area contributed by atoms with Gasteiger partial charge in [-0.1, -0.05) is 12.1 Å². The molecule has 6 heteroatoms. The molecule has 2 N–H and O–H groups in total.